The maximum absolute atomic E-state index is 6.12. The van der Waals surface area contributed by atoms with Gasteiger partial charge in [0.1, 0.15) is 34.3 Å². The van der Waals surface area contributed by atoms with Gasteiger partial charge in [0.25, 0.3) is 0 Å². The van der Waals surface area contributed by atoms with Crippen molar-refractivity contribution >= 4 is 76.1 Å². The summed E-state index contributed by atoms with van der Waals surface area (Å²) < 4.78 is 31.6. The van der Waals surface area contributed by atoms with Crippen molar-refractivity contribution in [3.05, 3.63) is 111 Å². The maximum atomic E-state index is 6.12. The third kappa shape index (κ3) is 14.2. The molecule has 3 aromatic heterocycles. The van der Waals surface area contributed by atoms with Gasteiger partial charge in [0, 0.05) is 62.5 Å². The number of anilines is 2. The summed E-state index contributed by atoms with van der Waals surface area (Å²) in [7, 11) is 6.64. The Balaban J connectivity index is 0.000000232. The number of nitrogen functional groups attached to an aromatic ring is 1. The topological polar surface area (TPSA) is 128 Å². The Labute approximate surface area is 403 Å². The first-order valence-corrected chi connectivity index (χ1v) is 23.5. The molecule has 7 rings (SSSR count). The van der Waals surface area contributed by atoms with Crippen LogP contribution in [0.4, 0.5) is 11.4 Å². The number of ether oxygens (including phenoxy) is 5. The van der Waals surface area contributed by atoms with Gasteiger partial charge in [0.05, 0.1) is 80.9 Å². The predicted molar refractivity (Wildman–Crippen MR) is 277 cm³/mol. The van der Waals surface area contributed by atoms with E-state index in [9.17, 15) is 0 Å². The van der Waals surface area contributed by atoms with Crippen molar-refractivity contribution < 1.29 is 23.7 Å². The van der Waals surface area contributed by atoms with Gasteiger partial charge < -0.3 is 39.3 Å². The van der Waals surface area contributed by atoms with Crippen molar-refractivity contribution in [3.8, 4) is 23.0 Å². The largest absolute Gasteiger partial charge is 0.497 e. The zero-order valence-electron chi connectivity index (χ0n) is 38.8. The van der Waals surface area contributed by atoms with Gasteiger partial charge >= 0.3 is 0 Å². The monoisotopic (exact) mass is 1010 g/mol. The van der Waals surface area contributed by atoms with Crippen molar-refractivity contribution in [2.24, 2.45) is 0 Å². The van der Waals surface area contributed by atoms with E-state index in [0.717, 1.165) is 113 Å². The molecule has 0 radical (unpaired) electrons. The Kier molecular flexibility index (Phi) is 20.6. The molecule has 4 aromatic carbocycles. The van der Waals surface area contributed by atoms with Crippen molar-refractivity contribution in [3.63, 3.8) is 0 Å². The summed E-state index contributed by atoms with van der Waals surface area (Å²) in [4.78, 5) is 13.9. The zero-order valence-corrected chi connectivity index (χ0v) is 42.0. The normalized spacial score (nSPS) is 11.0. The predicted octanol–water partition coefficient (Wildman–Crippen LogP) is 14.0. The molecule has 0 bridgehead atoms. The molecule has 0 aliphatic rings. The molecular weight excluding hydrogens is 948 g/mol. The molecule has 65 heavy (non-hydrogen) atoms. The molecule has 0 saturated heterocycles. The van der Waals surface area contributed by atoms with E-state index in [1.165, 1.54) is 25.7 Å². The highest BCUT2D eigenvalue weighted by molar-refractivity contribution is 9.10. The molecule has 0 aliphatic heterocycles. The fourth-order valence-electron chi connectivity index (χ4n) is 7.51. The molecule has 0 amide bonds. The first-order chi connectivity index (χ1) is 30.9. The minimum absolute atomic E-state index is 0. The highest BCUT2D eigenvalue weighted by Gasteiger charge is 2.18. The number of rotatable bonds is 18. The van der Waals surface area contributed by atoms with Gasteiger partial charge in [-0.05, 0) is 94.3 Å². The minimum Gasteiger partial charge on any atom is -0.497 e. The van der Waals surface area contributed by atoms with Crippen LogP contribution in [-0.4, -0.2) is 60.2 Å². The van der Waals surface area contributed by atoms with Crippen LogP contribution in [0.2, 0.25) is 0 Å². The second-order valence-corrected chi connectivity index (χ2v) is 17.8. The second kappa shape index (κ2) is 25.5. The standard InChI is InChI=1S/C23H24BrN3O2.C18H18BrN3O2.C10H22O.CH4/c1-4-5-6-22-26-20-13-25-19-11-16(24)8-10-18(19)23(20)27(22)14-15-7-9-17(28-2)12-21(15)29-3;1-23-13-5-3-11(17(8-13)24-2)9-22-18-14-6-4-12(19)7-16(14)21-10-15(18)20;1-5-7-8-9-10(3,4)11-6-2;/h7-13H,4-6,14H2,1-3H3;3-8,10H,9,20H2,1-2H3,(H,21,22);5-9H2,1-4H3;1H4. The summed E-state index contributed by atoms with van der Waals surface area (Å²) in [5.74, 6) is 4.20. The number of benzene rings is 4. The first kappa shape index (κ1) is 52.5. The Bertz CT molecular complexity index is 2600. The molecule has 0 atom stereocenters. The number of unbranched alkanes of at least 4 members (excludes halogenated alkanes) is 3. The Morgan fingerprint density at radius 3 is 1.86 bits per heavy atom. The van der Waals surface area contributed by atoms with E-state index in [2.05, 4.69) is 105 Å². The number of nitrogens with zero attached hydrogens (tertiary/aromatic N) is 4. The van der Waals surface area contributed by atoms with Gasteiger partial charge in [0.15, 0.2) is 0 Å². The van der Waals surface area contributed by atoms with Gasteiger partial charge in [-0.1, -0.05) is 78.8 Å². The minimum atomic E-state index is 0. The van der Waals surface area contributed by atoms with Crippen LogP contribution in [0.25, 0.3) is 32.8 Å². The lowest BCUT2D eigenvalue weighted by atomic mass is 10.0. The highest BCUT2D eigenvalue weighted by atomic mass is 79.9. The molecule has 0 unspecified atom stereocenters. The van der Waals surface area contributed by atoms with Gasteiger partial charge in [0.2, 0.25) is 0 Å². The van der Waals surface area contributed by atoms with Crippen LogP contribution in [-0.2, 0) is 24.2 Å². The fraction of sp³-hybridized carbons (Fsp3) is 0.404. The molecule has 3 N–H and O–H groups in total. The summed E-state index contributed by atoms with van der Waals surface area (Å²) in [5, 5.41) is 5.49. The molecule has 0 saturated carbocycles. The lowest BCUT2D eigenvalue weighted by Gasteiger charge is -2.24. The molecule has 350 valence electrons. The number of methoxy groups -OCH3 is 4. The number of hydrogen-bond donors (Lipinski definition) is 2. The molecule has 13 heteroatoms. The van der Waals surface area contributed by atoms with Crippen molar-refractivity contribution in [1.29, 1.82) is 0 Å². The van der Waals surface area contributed by atoms with Crippen molar-refractivity contribution in [2.75, 3.05) is 46.1 Å². The molecule has 11 nitrogen and oxygen atoms in total. The summed E-state index contributed by atoms with van der Waals surface area (Å²) in [5.41, 5.74) is 13.7. The molecule has 7 aromatic rings. The number of nitrogens with two attached hydrogens (primary N) is 1. The lowest BCUT2D eigenvalue weighted by molar-refractivity contribution is -0.0177. The molecule has 0 fully saturated rings. The summed E-state index contributed by atoms with van der Waals surface area (Å²) >= 11 is 7.01. The number of hydrogen-bond acceptors (Lipinski definition) is 10. The number of nitrogens with one attached hydrogen (secondary N) is 1. The molecular formula is C52H68Br2N6O5. The number of pyridine rings is 2. The van der Waals surface area contributed by atoms with E-state index in [-0.39, 0.29) is 13.0 Å². The van der Waals surface area contributed by atoms with Crippen LogP contribution < -0.4 is 30.0 Å². The molecule has 0 spiro atoms. The van der Waals surface area contributed by atoms with Crippen LogP contribution in [0.1, 0.15) is 97.5 Å². The fourth-order valence-corrected chi connectivity index (χ4v) is 8.21. The third-order valence-electron chi connectivity index (χ3n) is 10.9. The highest BCUT2D eigenvalue weighted by Crippen LogP contribution is 2.33. The van der Waals surface area contributed by atoms with Gasteiger partial charge in [-0.2, -0.15) is 0 Å². The second-order valence-electron chi connectivity index (χ2n) is 16.0. The van der Waals surface area contributed by atoms with Crippen LogP contribution >= 0.6 is 31.9 Å². The third-order valence-corrected chi connectivity index (χ3v) is 11.9. The smallest absolute Gasteiger partial charge is 0.127 e. The average molecular weight is 1020 g/mol. The van der Waals surface area contributed by atoms with E-state index < -0.39 is 0 Å². The number of halogens is 2. The van der Waals surface area contributed by atoms with Crippen LogP contribution in [0.3, 0.4) is 0 Å². The van der Waals surface area contributed by atoms with Gasteiger partial charge in [-0.3, -0.25) is 9.97 Å². The molecule has 0 aliphatic carbocycles. The lowest BCUT2D eigenvalue weighted by Crippen LogP contribution is -2.23. The van der Waals surface area contributed by atoms with Crippen molar-refractivity contribution in [1.82, 2.24) is 19.5 Å². The first-order valence-electron chi connectivity index (χ1n) is 22.0. The van der Waals surface area contributed by atoms with Crippen molar-refractivity contribution in [2.45, 2.75) is 106 Å². The van der Waals surface area contributed by atoms with Crippen LogP contribution in [0.5, 0.6) is 23.0 Å². The van der Waals surface area contributed by atoms with E-state index in [0.29, 0.717) is 18.8 Å². The Hall–Kier alpha value is -5.11. The number of aromatic nitrogens is 4. The Morgan fingerprint density at radius 2 is 1.26 bits per heavy atom. The summed E-state index contributed by atoms with van der Waals surface area (Å²) in [6.45, 7) is 12.9. The number of fused-ring (bicyclic) bond motifs is 4. The SMILES string of the molecule is C.CCCCCC(C)(C)OCC.CCCCc1nc2cnc3cc(Br)ccc3c2n1Cc1ccc(OC)cc1OC.COc1ccc(CNc2c(N)cnc3cc(Br)ccc23)c(OC)c1. The van der Waals surface area contributed by atoms with Gasteiger partial charge in [-0.25, -0.2) is 4.98 Å². The number of aryl methyl sites for hydroxylation is 1. The van der Waals surface area contributed by atoms with Gasteiger partial charge in [-0.15, -0.1) is 0 Å². The summed E-state index contributed by atoms with van der Waals surface area (Å²) in [6.07, 6.45) is 11.8. The Morgan fingerprint density at radius 1 is 0.677 bits per heavy atom. The summed E-state index contributed by atoms with van der Waals surface area (Å²) in [6, 6.07) is 23.9. The maximum Gasteiger partial charge on any atom is 0.127 e. The zero-order chi connectivity index (χ0) is 46.2. The quantitative estimate of drug-likeness (QED) is 0.0802. The average Bonchev–Trinajstić information content (AvgIpc) is 3.65. The molecule has 3 heterocycles. The van der Waals surface area contributed by atoms with E-state index in [1.54, 1.807) is 34.6 Å². The van der Waals surface area contributed by atoms with Crippen LogP contribution in [0, 0.1) is 0 Å². The van der Waals surface area contributed by atoms with Crippen LogP contribution in [0.15, 0.2) is 94.1 Å². The van der Waals surface area contributed by atoms with E-state index in [4.69, 9.17) is 34.4 Å². The van der Waals surface area contributed by atoms with E-state index >= 15 is 0 Å². The number of imidazole rings is 1. The van der Waals surface area contributed by atoms with E-state index in [1.807, 2.05) is 60.8 Å².